The average molecular weight is 346 g/mol. The maximum Gasteiger partial charge on any atom is 0.275 e. The molecule has 0 aliphatic rings. The predicted octanol–water partition coefficient (Wildman–Crippen LogP) is 2.69. The molecule has 2 aromatic carbocycles. The first kappa shape index (κ1) is 16.1. The molecule has 2 aromatic heterocycles. The number of hydrogen-bond acceptors (Lipinski definition) is 3. The molecule has 0 atom stereocenters. The van der Waals surface area contributed by atoms with E-state index in [0.717, 1.165) is 16.5 Å². The van der Waals surface area contributed by atoms with E-state index in [1.807, 2.05) is 19.2 Å². The van der Waals surface area contributed by atoms with Gasteiger partial charge >= 0.3 is 0 Å². The van der Waals surface area contributed by atoms with Crippen LogP contribution >= 0.6 is 0 Å². The van der Waals surface area contributed by atoms with Gasteiger partial charge in [0.2, 0.25) is 5.43 Å². The first-order valence-electron chi connectivity index (χ1n) is 8.46. The Balaban J connectivity index is 1.49. The van der Waals surface area contributed by atoms with Gasteiger partial charge in [-0.3, -0.25) is 14.7 Å². The second-order valence-corrected chi connectivity index (χ2v) is 6.32. The number of carbonyl (C=O) groups excluding carboxylic acids is 1. The zero-order valence-corrected chi connectivity index (χ0v) is 14.3. The van der Waals surface area contributed by atoms with Crippen LogP contribution in [0, 0.1) is 6.92 Å². The molecule has 3 N–H and O–H groups in total. The molecule has 6 heteroatoms. The minimum atomic E-state index is -0.465. The fraction of sp³-hybridized carbons (Fsp3) is 0.150. The fourth-order valence-corrected chi connectivity index (χ4v) is 3.13. The van der Waals surface area contributed by atoms with E-state index in [2.05, 4.69) is 38.7 Å². The zero-order chi connectivity index (χ0) is 18.1. The van der Waals surface area contributed by atoms with Crippen molar-refractivity contribution in [2.75, 3.05) is 6.54 Å². The Morgan fingerprint density at radius 1 is 1.12 bits per heavy atom. The highest BCUT2D eigenvalue weighted by Gasteiger charge is 2.14. The third kappa shape index (κ3) is 2.86. The number of nitrogens with one attached hydrogen (secondary N) is 3. The number of para-hydroxylation sites is 1. The molecule has 0 saturated carbocycles. The minimum Gasteiger partial charge on any atom is -0.361 e. The molecule has 0 bridgehead atoms. The highest BCUT2D eigenvalue weighted by atomic mass is 16.2. The lowest BCUT2D eigenvalue weighted by atomic mass is 10.1. The summed E-state index contributed by atoms with van der Waals surface area (Å²) in [6, 6.07) is 13.2. The van der Waals surface area contributed by atoms with Crippen molar-refractivity contribution in [2.45, 2.75) is 13.3 Å². The lowest BCUT2D eigenvalue weighted by Gasteiger charge is -2.05. The number of carbonyl (C=O) groups is 1. The quantitative estimate of drug-likeness (QED) is 0.531. The molecule has 4 aromatic rings. The van der Waals surface area contributed by atoms with Gasteiger partial charge in [-0.15, -0.1) is 0 Å². The maximum atomic E-state index is 12.4. The lowest BCUT2D eigenvalue weighted by molar-refractivity contribution is 0.0947. The van der Waals surface area contributed by atoms with Gasteiger partial charge < -0.3 is 10.3 Å². The summed E-state index contributed by atoms with van der Waals surface area (Å²) in [6.45, 7) is 2.47. The van der Waals surface area contributed by atoms with E-state index in [1.165, 1.54) is 5.56 Å². The van der Waals surface area contributed by atoms with Gasteiger partial charge in [0.05, 0.1) is 5.52 Å². The Hall–Kier alpha value is -3.41. The fourth-order valence-electron chi connectivity index (χ4n) is 3.13. The monoisotopic (exact) mass is 346 g/mol. The summed E-state index contributed by atoms with van der Waals surface area (Å²) in [6.07, 6.45) is 2.62. The Labute approximate surface area is 149 Å². The average Bonchev–Trinajstić information content (AvgIpc) is 3.04. The summed E-state index contributed by atoms with van der Waals surface area (Å²) < 4.78 is 0. The molecule has 130 valence electrons. The third-order valence-corrected chi connectivity index (χ3v) is 4.49. The number of rotatable bonds is 4. The van der Waals surface area contributed by atoms with E-state index in [4.69, 9.17) is 0 Å². The summed E-state index contributed by atoms with van der Waals surface area (Å²) >= 11 is 0. The molecule has 0 aliphatic heterocycles. The van der Waals surface area contributed by atoms with Gasteiger partial charge in [0.25, 0.3) is 5.91 Å². The first-order chi connectivity index (χ1) is 12.6. The molecule has 0 saturated heterocycles. The van der Waals surface area contributed by atoms with E-state index >= 15 is 0 Å². The van der Waals surface area contributed by atoms with Crippen LogP contribution in [-0.4, -0.2) is 27.6 Å². The van der Waals surface area contributed by atoms with Gasteiger partial charge in [0, 0.05) is 29.0 Å². The van der Waals surface area contributed by atoms with Crippen LogP contribution in [0.25, 0.3) is 21.8 Å². The van der Waals surface area contributed by atoms with Crippen LogP contribution in [0.1, 0.15) is 21.6 Å². The van der Waals surface area contributed by atoms with Gasteiger partial charge in [-0.25, -0.2) is 0 Å². The van der Waals surface area contributed by atoms with Gasteiger partial charge in [-0.2, -0.15) is 5.10 Å². The van der Waals surface area contributed by atoms with Crippen LogP contribution in [-0.2, 0) is 6.42 Å². The van der Waals surface area contributed by atoms with Crippen molar-refractivity contribution < 1.29 is 4.79 Å². The van der Waals surface area contributed by atoms with Crippen LogP contribution in [0.5, 0.6) is 0 Å². The minimum absolute atomic E-state index is 0.113. The molecule has 4 rings (SSSR count). The molecule has 26 heavy (non-hydrogen) atoms. The summed E-state index contributed by atoms with van der Waals surface area (Å²) in [5.41, 5.74) is 3.54. The Morgan fingerprint density at radius 3 is 2.85 bits per heavy atom. The zero-order valence-electron chi connectivity index (χ0n) is 14.3. The number of fused-ring (bicyclic) bond motifs is 2. The van der Waals surface area contributed by atoms with Crippen molar-refractivity contribution in [1.29, 1.82) is 0 Å². The SMILES string of the molecule is Cc1ccc2c(CCNC(=O)c3n[nH]c4ccccc4c3=O)c[nH]c2c1. The second kappa shape index (κ2) is 6.48. The van der Waals surface area contributed by atoms with Crippen molar-refractivity contribution in [3.05, 3.63) is 75.7 Å². The summed E-state index contributed by atoms with van der Waals surface area (Å²) in [5.74, 6) is -0.465. The Kier molecular flexibility index (Phi) is 4.01. The standard InChI is InChI=1S/C20H18N4O2/c1-12-6-7-14-13(11-22-17(14)10-12)8-9-21-20(26)18-19(25)15-4-2-3-5-16(15)23-24-18/h2-7,10-11,22H,8-9H2,1H3,(H,21,26)(H,23,25). The number of aromatic amines is 2. The highest BCUT2D eigenvalue weighted by molar-refractivity contribution is 5.95. The van der Waals surface area contributed by atoms with Crippen LogP contribution in [0.4, 0.5) is 0 Å². The maximum absolute atomic E-state index is 12.4. The number of nitrogens with zero attached hydrogens (tertiary/aromatic N) is 1. The number of H-pyrrole nitrogens is 2. The normalized spacial score (nSPS) is 11.1. The molecule has 2 heterocycles. The summed E-state index contributed by atoms with van der Waals surface area (Å²) in [4.78, 5) is 28.0. The van der Waals surface area contributed by atoms with Crippen molar-refractivity contribution in [3.63, 3.8) is 0 Å². The van der Waals surface area contributed by atoms with E-state index in [-0.39, 0.29) is 11.1 Å². The Bertz CT molecular complexity index is 1170. The van der Waals surface area contributed by atoms with Gasteiger partial charge in [0.15, 0.2) is 5.69 Å². The summed E-state index contributed by atoms with van der Waals surface area (Å²) in [5, 5.41) is 11.1. The molecule has 6 nitrogen and oxygen atoms in total. The van der Waals surface area contributed by atoms with E-state index in [9.17, 15) is 9.59 Å². The molecule has 0 fully saturated rings. The van der Waals surface area contributed by atoms with Crippen LogP contribution in [0.3, 0.4) is 0 Å². The molecule has 0 unspecified atom stereocenters. The van der Waals surface area contributed by atoms with Crippen LogP contribution in [0.15, 0.2) is 53.5 Å². The molecular formula is C20H18N4O2. The number of aromatic nitrogens is 3. The van der Waals surface area contributed by atoms with Crippen LogP contribution < -0.4 is 10.7 Å². The Morgan fingerprint density at radius 2 is 1.96 bits per heavy atom. The van der Waals surface area contributed by atoms with Crippen molar-refractivity contribution in [3.8, 4) is 0 Å². The van der Waals surface area contributed by atoms with E-state index < -0.39 is 5.91 Å². The molecule has 0 spiro atoms. The van der Waals surface area contributed by atoms with Crippen molar-refractivity contribution >= 4 is 27.7 Å². The first-order valence-corrected chi connectivity index (χ1v) is 8.46. The molecule has 1 amide bonds. The third-order valence-electron chi connectivity index (χ3n) is 4.49. The predicted molar refractivity (Wildman–Crippen MR) is 101 cm³/mol. The number of benzene rings is 2. The van der Waals surface area contributed by atoms with Crippen molar-refractivity contribution in [1.82, 2.24) is 20.5 Å². The van der Waals surface area contributed by atoms with Gasteiger partial charge in [-0.1, -0.05) is 24.3 Å². The van der Waals surface area contributed by atoms with Crippen molar-refractivity contribution in [2.24, 2.45) is 0 Å². The lowest BCUT2D eigenvalue weighted by Crippen LogP contribution is -2.31. The van der Waals surface area contributed by atoms with E-state index in [1.54, 1.807) is 18.2 Å². The second-order valence-electron chi connectivity index (χ2n) is 6.32. The largest absolute Gasteiger partial charge is 0.361 e. The number of aryl methyl sites for hydroxylation is 1. The molecule has 0 aliphatic carbocycles. The van der Waals surface area contributed by atoms with Gasteiger partial charge in [0.1, 0.15) is 0 Å². The van der Waals surface area contributed by atoms with Gasteiger partial charge in [-0.05, 0) is 42.7 Å². The topological polar surface area (TPSA) is 90.6 Å². The van der Waals surface area contributed by atoms with E-state index in [0.29, 0.717) is 23.9 Å². The van der Waals surface area contributed by atoms with Crippen LogP contribution in [0.2, 0.25) is 0 Å². The smallest absolute Gasteiger partial charge is 0.275 e. The number of amides is 1. The number of hydrogen-bond donors (Lipinski definition) is 3. The summed E-state index contributed by atoms with van der Waals surface area (Å²) in [7, 11) is 0. The highest BCUT2D eigenvalue weighted by Crippen LogP contribution is 2.19. The molecular weight excluding hydrogens is 328 g/mol. The molecule has 0 radical (unpaired) electrons.